The molecule has 1 aromatic carbocycles. The number of aromatic nitrogens is 3. The third-order valence-electron chi connectivity index (χ3n) is 5.45. The normalized spacial score (nSPS) is 15.3. The third kappa shape index (κ3) is 4.18. The van der Waals surface area contributed by atoms with Gasteiger partial charge >= 0.3 is 0 Å². The molecule has 4 rings (SSSR count). The number of benzene rings is 1. The highest BCUT2D eigenvalue weighted by Gasteiger charge is 2.18. The molecule has 0 spiro atoms. The van der Waals surface area contributed by atoms with Crippen LogP contribution in [0.15, 0.2) is 36.4 Å². The standard InChI is InChI=1S/C22H27N7O/c1-28(2)21(30)15-6-4-5-14(13-15)18-8-7-17-19(23)26-22(27-20(17)25-18)24-16-9-11-29(3)12-10-16/h4-8,13,16H,9-12H2,1-3H3,(H3,23,24,25,26,27). The SMILES string of the molecule is CN1CCC(Nc2nc(N)c3ccc(-c4cccc(C(=O)N(C)C)c4)nc3n2)CC1. The molecule has 2 aromatic heterocycles. The van der Waals surface area contributed by atoms with E-state index in [-0.39, 0.29) is 5.91 Å². The van der Waals surface area contributed by atoms with Crippen molar-refractivity contribution in [2.45, 2.75) is 18.9 Å². The molecular weight excluding hydrogens is 378 g/mol. The van der Waals surface area contributed by atoms with Gasteiger partial charge in [0.25, 0.3) is 5.91 Å². The van der Waals surface area contributed by atoms with Crippen molar-refractivity contribution in [2.75, 3.05) is 45.3 Å². The Morgan fingerprint density at radius 1 is 1.13 bits per heavy atom. The van der Waals surface area contributed by atoms with Crippen LogP contribution in [0.5, 0.6) is 0 Å². The number of anilines is 2. The summed E-state index contributed by atoms with van der Waals surface area (Å²) < 4.78 is 0. The average Bonchev–Trinajstić information content (AvgIpc) is 2.74. The van der Waals surface area contributed by atoms with Gasteiger partial charge in [-0.25, -0.2) is 4.98 Å². The maximum atomic E-state index is 12.3. The highest BCUT2D eigenvalue weighted by molar-refractivity contribution is 5.95. The summed E-state index contributed by atoms with van der Waals surface area (Å²) in [6, 6.07) is 11.5. The molecule has 3 N–H and O–H groups in total. The van der Waals surface area contributed by atoms with E-state index < -0.39 is 0 Å². The number of hydrogen-bond donors (Lipinski definition) is 2. The first-order chi connectivity index (χ1) is 14.4. The van der Waals surface area contributed by atoms with E-state index in [2.05, 4.69) is 27.2 Å². The van der Waals surface area contributed by atoms with E-state index >= 15 is 0 Å². The lowest BCUT2D eigenvalue weighted by molar-refractivity contribution is 0.0827. The molecule has 0 radical (unpaired) electrons. The van der Waals surface area contributed by atoms with Crippen molar-refractivity contribution in [2.24, 2.45) is 0 Å². The molecule has 1 amide bonds. The summed E-state index contributed by atoms with van der Waals surface area (Å²) >= 11 is 0. The number of nitrogens with zero attached hydrogens (tertiary/aromatic N) is 5. The molecule has 156 valence electrons. The smallest absolute Gasteiger partial charge is 0.253 e. The summed E-state index contributed by atoms with van der Waals surface area (Å²) in [6.45, 7) is 2.09. The molecule has 1 fully saturated rings. The summed E-state index contributed by atoms with van der Waals surface area (Å²) in [5, 5.41) is 4.13. The van der Waals surface area contributed by atoms with Gasteiger partial charge in [-0.3, -0.25) is 4.79 Å². The largest absolute Gasteiger partial charge is 0.383 e. The van der Waals surface area contributed by atoms with Crippen LogP contribution in [-0.4, -0.2) is 70.9 Å². The Balaban J connectivity index is 1.65. The first-order valence-electron chi connectivity index (χ1n) is 10.1. The predicted molar refractivity (Wildman–Crippen MR) is 119 cm³/mol. The summed E-state index contributed by atoms with van der Waals surface area (Å²) in [6.07, 6.45) is 2.08. The van der Waals surface area contributed by atoms with E-state index in [1.807, 2.05) is 30.3 Å². The van der Waals surface area contributed by atoms with Crippen molar-refractivity contribution in [3.8, 4) is 11.3 Å². The lowest BCUT2D eigenvalue weighted by Gasteiger charge is -2.29. The van der Waals surface area contributed by atoms with Crippen LogP contribution in [-0.2, 0) is 0 Å². The topological polar surface area (TPSA) is 100 Å². The Kier molecular flexibility index (Phi) is 5.50. The third-order valence-corrected chi connectivity index (χ3v) is 5.45. The summed E-state index contributed by atoms with van der Waals surface area (Å²) in [5.41, 5.74) is 8.93. The van der Waals surface area contributed by atoms with Crippen molar-refractivity contribution in [1.82, 2.24) is 24.8 Å². The molecule has 0 aliphatic carbocycles. The zero-order valence-electron chi connectivity index (χ0n) is 17.6. The molecule has 30 heavy (non-hydrogen) atoms. The molecule has 3 aromatic rings. The van der Waals surface area contributed by atoms with Gasteiger partial charge in [0.1, 0.15) is 5.82 Å². The van der Waals surface area contributed by atoms with Gasteiger partial charge in [0, 0.05) is 31.3 Å². The van der Waals surface area contributed by atoms with Crippen molar-refractivity contribution < 1.29 is 4.79 Å². The number of carbonyl (C=O) groups is 1. The number of nitrogens with one attached hydrogen (secondary N) is 1. The number of carbonyl (C=O) groups excluding carboxylic acids is 1. The number of likely N-dealkylation sites (tertiary alicyclic amines) is 1. The molecular formula is C22H27N7O. The van der Waals surface area contributed by atoms with Gasteiger partial charge in [-0.1, -0.05) is 12.1 Å². The minimum Gasteiger partial charge on any atom is -0.383 e. The van der Waals surface area contributed by atoms with Gasteiger partial charge < -0.3 is 20.9 Å². The molecule has 3 heterocycles. The molecule has 0 saturated carbocycles. The fourth-order valence-electron chi connectivity index (χ4n) is 3.66. The van der Waals surface area contributed by atoms with Crippen LogP contribution in [0, 0.1) is 0 Å². The zero-order chi connectivity index (χ0) is 21.3. The quantitative estimate of drug-likeness (QED) is 0.688. The summed E-state index contributed by atoms with van der Waals surface area (Å²) in [5.74, 6) is 0.871. The van der Waals surface area contributed by atoms with Gasteiger partial charge in [-0.05, 0) is 57.2 Å². The average molecular weight is 406 g/mol. The van der Waals surface area contributed by atoms with E-state index in [4.69, 9.17) is 10.7 Å². The van der Waals surface area contributed by atoms with Crippen LogP contribution < -0.4 is 11.1 Å². The van der Waals surface area contributed by atoms with Crippen LogP contribution in [0.1, 0.15) is 23.2 Å². The van der Waals surface area contributed by atoms with E-state index in [0.29, 0.717) is 34.4 Å². The number of piperidine rings is 1. The van der Waals surface area contributed by atoms with Crippen molar-refractivity contribution in [1.29, 1.82) is 0 Å². The van der Waals surface area contributed by atoms with Crippen LogP contribution in [0.4, 0.5) is 11.8 Å². The van der Waals surface area contributed by atoms with E-state index in [0.717, 1.165) is 37.2 Å². The number of amides is 1. The number of rotatable bonds is 4. The lowest BCUT2D eigenvalue weighted by Crippen LogP contribution is -2.37. The second kappa shape index (κ2) is 8.23. The minimum atomic E-state index is -0.0474. The molecule has 1 aliphatic rings. The van der Waals surface area contributed by atoms with Crippen molar-refractivity contribution in [3.63, 3.8) is 0 Å². The molecule has 8 heteroatoms. The fraction of sp³-hybridized carbons (Fsp3) is 0.364. The molecule has 0 unspecified atom stereocenters. The lowest BCUT2D eigenvalue weighted by atomic mass is 10.1. The maximum Gasteiger partial charge on any atom is 0.253 e. The minimum absolute atomic E-state index is 0.0474. The highest BCUT2D eigenvalue weighted by Crippen LogP contribution is 2.25. The number of nitrogens with two attached hydrogens (primary N) is 1. The Labute approximate surface area is 176 Å². The van der Waals surface area contributed by atoms with Gasteiger partial charge in [0.15, 0.2) is 5.65 Å². The monoisotopic (exact) mass is 405 g/mol. The molecule has 0 bridgehead atoms. The number of fused-ring (bicyclic) bond motifs is 1. The van der Waals surface area contributed by atoms with E-state index in [1.165, 1.54) is 0 Å². The maximum absolute atomic E-state index is 12.3. The fourth-order valence-corrected chi connectivity index (χ4v) is 3.66. The Bertz CT molecular complexity index is 1070. The van der Waals surface area contributed by atoms with E-state index in [1.54, 1.807) is 25.1 Å². The Morgan fingerprint density at radius 2 is 1.90 bits per heavy atom. The predicted octanol–water partition coefficient (Wildman–Crippen LogP) is 2.48. The zero-order valence-corrected chi connectivity index (χ0v) is 17.6. The molecule has 1 saturated heterocycles. The van der Waals surface area contributed by atoms with Gasteiger partial charge in [-0.2, -0.15) is 9.97 Å². The Hall–Kier alpha value is -3.26. The summed E-state index contributed by atoms with van der Waals surface area (Å²) in [7, 11) is 5.61. The second-order valence-corrected chi connectivity index (χ2v) is 8.00. The van der Waals surface area contributed by atoms with E-state index in [9.17, 15) is 4.79 Å². The summed E-state index contributed by atoms with van der Waals surface area (Å²) in [4.78, 5) is 29.9. The van der Waals surface area contributed by atoms with Crippen LogP contribution in [0.3, 0.4) is 0 Å². The second-order valence-electron chi connectivity index (χ2n) is 8.00. The first kappa shape index (κ1) is 20.0. The van der Waals surface area contributed by atoms with Gasteiger partial charge in [0.2, 0.25) is 5.95 Å². The van der Waals surface area contributed by atoms with Crippen LogP contribution in [0.2, 0.25) is 0 Å². The van der Waals surface area contributed by atoms with Crippen molar-refractivity contribution >= 4 is 28.7 Å². The number of pyridine rings is 1. The first-order valence-corrected chi connectivity index (χ1v) is 10.1. The van der Waals surface area contributed by atoms with Crippen LogP contribution in [0.25, 0.3) is 22.3 Å². The van der Waals surface area contributed by atoms with Crippen LogP contribution >= 0.6 is 0 Å². The van der Waals surface area contributed by atoms with Gasteiger partial charge in [-0.15, -0.1) is 0 Å². The molecule has 8 nitrogen and oxygen atoms in total. The Morgan fingerprint density at radius 3 is 2.63 bits per heavy atom. The number of nitrogen functional groups attached to an aromatic ring is 1. The van der Waals surface area contributed by atoms with Gasteiger partial charge in [0.05, 0.1) is 11.1 Å². The molecule has 0 atom stereocenters. The number of hydrogen-bond acceptors (Lipinski definition) is 7. The highest BCUT2D eigenvalue weighted by atomic mass is 16.2. The molecule has 1 aliphatic heterocycles. The van der Waals surface area contributed by atoms with Crippen molar-refractivity contribution in [3.05, 3.63) is 42.0 Å².